The van der Waals surface area contributed by atoms with Crippen LogP contribution in [0.15, 0.2) is 48.5 Å². The molecule has 0 aliphatic heterocycles. The predicted molar refractivity (Wildman–Crippen MR) is 75.6 cm³/mol. The Morgan fingerprint density at radius 1 is 1.05 bits per heavy atom. The molecule has 0 heterocycles. The fourth-order valence-corrected chi connectivity index (χ4v) is 1.65. The molecular formula is C15H11N3O2. The molecule has 0 unspecified atom stereocenters. The van der Waals surface area contributed by atoms with E-state index in [1.54, 1.807) is 48.5 Å². The van der Waals surface area contributed by atoms with Crippen LogP contribution in [0, 0.1) is 11.3 Å². The van der Waals surface area contributed by atoms with Gasteiger partial charge in [-0.05, 0) is 30.3 Å². The molecule has 2 amide bonds. The Balaban J connectivity index is 2.05. The molecule has 2 rings (SSSR count). The van der Waals surface area contributed by atoms with Crippen LogP contribution in [0.1, 0.15) is 15.9 Å². The van der Waals surface area contributed by atoms with E-state index < -0.39 is 6.03 Å². The number of anilines is 2. The zero-order valence-electron chi connectivity index (χ0n) is 10.5. The molecule has 0 atom stereocenters. The van der Waals surface area contributed by atoms with Gasteiger partial charge < -0.3 is 10.6 Å². The Kier molecular flexibility index (Phi) is 4.10. The highest BCUT2D eigenvalue weighted by atomic mass is 16.2. The SMILES string of the molecule is N#Cc1cccc(NC(=O)Nc2cccc(C=O)c2)c1. The minimum absolute atomic E-state index is 0.442. The highest BCUT2D eigenvalue weighted by Gasteiger charge is 2.03. The first-order valence-corrected chi connectivity index (χ1v) is 5.84. The van der Waals surface area contributed by atoms with Gasteiger partial charge in [0.2, 0.25) is 0 Å². The largest absolute Gasteiger partial charge is 0.323 e. The number of carbonyl (C=O) groups is 2. The molecule has 5 heteroatoms. The van der Waals surface area contributed by atoms with E-state index in [0.29, 0.717) is 28.8 Å². The van der Waals surface area contributed by atoms with E-state index in [1.807, 2.05) is 6.07 Å². The molecule has 0 bridgehead atoms. The second-order valence-corrected chi connectivity index (χ2v) is 4.02. The molecule has 98 valence electrons. The van der Waals surface area contributed by atoms with Crippen molar-refractivity contribution in [3.05, 3.63) is 59.7 Å². The lowest BCUT2D eigenvalue weighted by Crippen LogP contribution is -2.19. The first-order valence-electron chi connectivity index (χ1n) is 5.84. The van der Waals surface area contributed by atoms with E-state index in [-0.39, 0.29) is 0 Å². The Hall–Kier alpha value is -3.13. The summed E-state index contributed by atoms with van der Waals surface area (Å²) in [5.74, 6) is 0. The number of hydrogen-bond donors (Lipinski definition) is 2. The van der Waals surface area contributed by atoms with Gasteiger partial charge in [0.25, 0.3) is 0 Å². The molecule has 0 fully saturated rings. The highest BCUT2D eigenvalue weighted by molar-refractivity contribution is 6.00. The van der Waals surface area contributed by atoms with Crippen molar-refractivity contribution >= 4 is 23.7 Å². The fraction of sp³-hybridized carbons (Fsp3) is 0. The van der Waals surface area contributed by atoms with E-state index in [4.69, 9.17) is 5.26 Å². The topological polar surface area (TPSA) is 82.0 Å². The van der Waals surface area contributed by atoms with Gasteiger partial charge >= 0.3 is 6.03 Å². The standard InChI is InChI=1S/C15H11N3O2/c16-9-11-3-1-5-13(7-11)17-15(20)18-14-6-2-4-12(8-14)10-19/h1-8,10H,(H2,17,18,20). The number of urea groups is 1. The molecule has 0 spiro atoms. The lowest BCUT2D eigenvalue weighted by atomic mass is 10.2. The molecule has 2 aromatic carbocycles. The zero-order valence-corrected chi connectivity index (χ0v) is 10.5. The molecule has 2 N–H and O–H groups in total. The van der Waals surface area contributed by atoms with Crippen LogP contribution in [-0.2, 0) is 0 Å². The van der Waals surface area contributed by atoms with E-state index in [2.05, 4.69) is 10.6 Å². The van der Waals surface area contributed by atoms with Crippen molar-refractivity contribution < 1.29 is 9.59 Å². The van der Waals surface area contributed by atoms with Crippen molar-refractivity contribution in [2.45, 2.75) is 0 Å². The predicted octanol–water partition coefficient (Wildman–Crippen LogP) is 3.01. The minimum atomic E-state index is -0.442. The third-order valence-corrected chi connectivity index (χ3v) is 2.53. The summed E-state index contributed by atoms with van der Waals surface area (Å²) < 4.78 is 0. The Morgan fingerprint density at radius 3 is 2.35 bits per heavy atom. The van der Waals surface area contributed by atoms with Gasteiger partial charge in [0.05, 0.1) is 11.6 Å². The molecule has 0 radical (unpaired) electrons. The maximum absolute atomic E-state index is 11.8. The molecule has 0 aliphatic carbocycles. The number of rotatable bonds is 3. The molecule has 0 saturated carbocycles. The summed E-state index contributed by atoms with van der Waals surface area (Å²) in [6.07, 6.45) is 0.708. The number of nitrogens with one attached hydrogen (secondary N) is 2. The van der Waals surface area contributed by atoms with Gasteiger partial charge in [0.1, 0.15) is 6.29 Å². The van der Waals surface area contributed by atoms with Gasteiger partial charge in [0.15, 0.2) is 0 Å². The van der Waals surface area contributed by atoms with Crippen LogP contribution in [0.25, 0.3) is 0 Å². The van der Waals surface area contributed by atoms with Gasteiger partial charge in [-0.2, -0.15) is 5.26 Å². The lowest BCUT2D eigenvalue weighted by molar-refractivity contribution is 0.112. The average Bonchev–Trinajstić information content (AvgIpc) is 2.47. The quantitative estimate of drug-likeness (QED) is 0.837. The molecule has 5 nitrogen and oxygen atoms in total. The third-order valence-electron chi connectivity index (χ3n) is 2.53. The van der Waals surface area contributed by atoms with Crippen molar-refractivity contribution in [3.8, 4) is 6.07 Å². The lowest BCUT2D eigenvalue weighted by Gasteiger charge is -2.08. The minimum Gasteiger partial charge on any atom is -0.308 e. The van der Waals surface area contributed by atoms with Crippen molar-refractivity contribution in [3.63, 3.8) is 0 Å². The van der Waals surface area contributed by atoms with Crippen molar-refractivity contribution in [1.29, 1.82) is 5.26 Å². The van der Waals surface area contributed by atoms with Gasteiger partial charge in [-0.3, -0.25) is 4.79 Å². The average molecular weight is 265 g/mol. The summed E-state index contributed by atoms with van der Waals surface area (Å²) in [4.78, 5) is 22.4. The molecule has 2 aromatic rings. The first kappa shape index (κ1) is 13.3. The second kappa shape index (κ2) is 6.16. The molecule has 20 heavy (non-hydrogen) atoms. The third kappa shape index (κ3) is 3.43. The fourth-order valence-electron chi connectivity index (χ4n) is 1.65. The molecule has 0 aromatic heterocycles. The van der Waals surface area contributed by atoms with E-state index in [1.165, 1.54) is 0 Å². The first-order chi connectivity index (χ1) is 9.71. The smallest absolute Gasteiger partial charge is 0.308 e. The van der Waals surface area contributed by atoms with Crippen molar-refractivity contribution in [2.24, 2.45) is 0 Å². The Labute approximate surface area is 115 Å². The van der Waals surface area contributed by atoms with Crippen molar-refractivity contribution in [2.75, 3.05) is 10.6 Å². The Morgan fingerprint density at radius 2 is 1.70 bits per heavy atom. The van der Waals surface area contributed by atoms with Gasteiger partial charge in [-0.25, -0.2) is 4.79 Å². The molecule has 0 aliphatic rings. The van der Waals surface area contributed by atoms with Gasteiger partial charge in [-0.15, -0.1) is 0 Å². The number of carbonyl (C=O) groups excluding carboxylic acids is 2. The van der Waals surface area contributed by atoms with Crippen LogP contribution < -0.4 is 10.6 Å². The number of amides is 2. The maximum atomic E-state index is 11.8. The summed E-state index contributed by atoms with van der Waals surface area (Å²) in [5, 5.41) is 14.0. The van der Waals surface area contributed by atoms with Gasteiger partial charge in [-0.1, -0.05) is 18.2 Å². The van der Waals surface area contributed by atoms with Crippen molar-refractivity contribution in [1.82, 2.24) is 0 Å². The highest BCUT2D eigenvalue weighted by Crippen LogP contribution is 2.12. The van der Waals surface area contributed by atoms with Crippen LogP contribution in [0.4, 0.5) is 16.2 Å². The number of nitriles is 1. The number of aldehydes is 1. The normalized spacial score (nSPS) is 9.35. The van der Waals surface area contributed by atoms with E-state index in [9.17, 15) is 9.59 Å². The van der Waals surface area contributed by atoms with Crippen LogP contribution >= 0.6 is 0 Å². The monoisotopic (exact) mass is 265 g/mol. The number of benzene rings is 2. The summed E-state index contributed by atoms with van der Waals surface area (Å²) in [7, 11) is 0. The van der Waals surface area contributed by atoms with Crippen LogP contribution in [-0.4, -0.2) is 12.3 Å². The molecular weight excluding hydrogens is 254 g/mol. The summed E-state index contributed by atoms with van der Waals surface area (Å²) in [5.41, 5.74) is 1.98. The van der Waals surface area contributed by atoms with E-state index >= 15 is 0 Å². The van der Waals surface area contributed by atoms with Crippen LogP contribution in [0.5, 0.6) is 0 Å². The maximum Gasteiger partial charge on any atom is 0.323 e. The summed E-state index contributed by atoms with van der Waals surface area (Å²) >= 11 is 0. The number of nitrogens with zero attached hydrogens (tertiary/aromatic N) is 1. The second-order valence-electron chi connectivity index (χ2n) is 4.02. The van der Waals surface area contributed by atoms with Crippen LogP contribution in [0.2, 0.25) is 0 Å². The summed E-state index contributed by atoms with van der Waals surface area (Å²) in [6.45, 7) is 0. The number of hydrogen-bond acceptors (Lipinski definition) is 3. The Bertz CT molecular complexity index is 690. The van der Waals surface area contributed by atoms with Crippen LogP contribution in [0.3, 0.4) is 0 Å². The molecule has 0 saturated heterocycles. The van der Waals surface area contributed by atoms with Gasteiger partial charge in [0, 0.05) is 16.9 Å². The zero-order chi connectivity index (χ0) is 14.4. The summed E-state index contributed by atoms with van der Waals surface area (Å²) in [6, 6.07) is 14.7. The van der Waals surface area contributed by atoms with E-state index in [0.717, 1.165) is 0 Å².